The highest BCUT2D eigenvalue weighted by Gasteiger charge is 2.36. The van der Waals surface area contributed by atoms with E-state index in [2.05, 4.69) is 0 Å². The highest BCUT2D eigenvalue weighted by Crippen LogP contribution is 2.43. The van der Waals surface area contributed by atoms with Crippen LogP contribution in [0.4, 0.5) is 18.9 Å². The monoisotopic (exact) mass is 229 g/mol. The Morgan fingerprint density at radius 2 is 1.75 bits per heavy atom. The lowest BCUT2D eigenvalue weighted by molar-refractivity contribution is -0.138. The minimum absolute atomic E-state index is 0.0159. The lowest BCUT2D eigenvalue weighted by Crippen LogP contribution is -2.13. The van der Waals surface area contributed by atoms with Gasteiger partial charge in [-0.3, -0.25) is 0 Å². The maximum atomic E-state index is 12.8. The molecular weight excluding hydrogens is 215 g/mol. The molecule has 0 heterocycles. The molecule has 0 atom stereocenters. The van der Waals surface area contributed by atoms with E-state index < -0.39 is 11.7 Å². The number of hydrogen-bond donors (Lipinski definition) is 1. The van der Waals surface area contributed by atoms with E-state index in [1.165, 1.54) is 6.07 Å². The van der Waals surface area contributed by atoms with E-state index in [1.54, 1.807) is 6.07 Å². The number of nitrogen functional groups attached to an aromatic ring is 1. The van der Waals surface area contributed by atoms with Crippen LogP contribution in [0.5, 0.6) is 0 Å². The second kappa shape index (κ2) is 4.00. The SMILES string of the molecule is Nc1cccc(C(F)(F)F)c1C1CCCC1. The van der Waals surface area contributed by atoms with Crippen molar-refractivity contribution in [3.05, 3.63) is 29.3 Å². The van der Waals surface area contributed by atoms with Gasteiger partial charge in [0.15, 0.2) is 0 Å². The maximum Gasteiger partial charge on any atom is 0.416 e. The molecule has 1 aromatic carbocycles. The van der Waals surface area contributed by atoms with Crippen molar-refractivity contribution in [1.29, 1.82) is 0 Å². The van der Waals surface area contributed by atoms with Crippen molar-refractivity contribution in [3.8, 4) is 0 Å². The van der Waals surface area contributed by atoms with Crippen LogP contribution in [-0.2, 0) is 6.18 Å². The Balaban J connectivity index is 2.48. The second-order valence-electron chi connectivity index (χ2n) is 4.29. The lowest BCUT2D eigenvalue weighted by Gasteiger charge is -2.19. The molecule has 1 fully saturated rings. The van der Waals surface area contributed by atoms with Crippen LogP contribution in [0.2, 0.25) is 0 Å². The van der Waals surface area contributed by atoms with Gasteiger partial charge in [0.05, 0.1) is 5.56 Å². The standard InChI is InChI=1S/C12H14F3N/c13-12(14,15)9-6-3-7-10(16)11(9)8-4-1-2-5-8/h3,6-8H,1-2,4-5,16H2. The minimum atomic E-state index is -4.30. The summed E-state index contributed by atoms with van der Waals surface area (Å²) >= 11 is 0. The molecule has 1 aliphatic rings. The fourth-order valence-electron chi connectivity index (χ4n) is 2.50. The van der Waals surface area contributed by atoms with Gasteiger partial charge in [-0.1, -0.05) is 18.9 Å². The quantitative estimate of drug-likeness (QED) is 0.725. The topological polar surface area (TPSA) is 26.0 Å². The molecule has 1 aliphatic carbocycles. The minimum Gasteiger partial charge on any atom is -0.398 e. The summed E-state index contributed by atoms with van der Waals surface area (Å²) in [6.45, 7) is 0. The first-order valence-electron chi connectivity index (χ1n) is 5.45. The number of benzene rings is 1. The zero-order valence-electron chi connectivity index (χ0n) is 8.85. The Morgan fingerprint density at radius 3 is 2.31 bits per heavy atom. The Kier molecular flexibility index (Phi) is 2.82. The fraction of sp³-hybridized carbons (Fsp3) is 0.500. The van der Waals surface area contributed by atoms with Gasteiger partial charge in [0.25, 0.3) is 0 Å². The molecule has 1 saturated carbocycles. The molecule has 88 valence electrons. The van der Waals surface area contributed by atoms with Crippen molar-refractivity contribution < 1.29 is 13.2 Å². The van der Waals surface area contributed by atoms with E-state index in [1.807, 2.05) is 0 Å². The first kappa shape index (κ1) is 11.3. The van der Waals surface area contributed by atoms with Crippen molar-refractivity contribution >= 4 is 5.69 Å². The number of alkyl halides is 3. The van der Waals surface area contributed by atoms with Gasteiger partial charge in [0.1, 0.15) is 0 Å². The molecule has 0 aromatic heterocycles. The Bertz CT molecular complexity index is 378. The van der Waals surface area contributed by atoms with Crippen LogP contribution in [0, 0.1) is 0 Å². The molecule has 1 aromatic rings. The summed E-state index contributed by atoms with van der Waals surface area (Å²) in [5.41, 5.74) is 5.73. The van der Waals surface area contributed by atoms with E-state index in [-0.39, 0.29) is 11.6 Å². The van der Waals surface area contributed by atoms with Crippen LogP contribution in [-0.4, -0.2) is 0 Å². The van der Waals surface area contributed by atoms with Gasteiger partial charge >= 0.3 is 6.18 Å². The van der Waals surface area contributed by atoms with Crippen molar-refractivity contribution in [2.24, 2.45) is 0 Å². The molecule has 0 aliphatic heterocycles. The average molecular weight is 229 g/mol. The second-order valence-corrected chi connectivity index (χ2v) is 4.29. The third-order valence-electron chi connectivity index (χ3n) is 3.21. The van der Waals surface area contributed by atoms with Gasteiger partial charge in [0, 0.05) is 5.69 Å². The number of anilines is 1. The highest BCUT2D eigenvalue weighted by molar-refractivity contribution is 5.54. The molecule has 0 bridgehead atoms. The van der Waals surface area contributed by atoms with Gasteiger partial charge in [-0.15, -0.1) is 0 Å². The van der Waals surface area contributed by atoms with Crippen molar-refractivity contribution in [1.82, 2.24) is 0 Å². The number of halogens is 3. The number of rotatable bonds is 1. The number of hydrogen-bond acceptors (Lipinski definition) is 1. The molecule has 1 nitrogen and oxygen atoms in total. The van der Waals surface area contributed by atoms with Crippen LogP contribution in [0.25, 0.3) is 0 Å². The van der Waals surface area contributed by atoms with Gasteiger partial charge < -0.3 is 5.73 Å². The normalized spacial score (nSPS) is 17.9. The van der Waals surface area contributed by atoms with Gasteiger partial charge in [-0.25, -0.2) is 0 Å². The van der Waals surface area contributed by atoms with Crippen molar-refractivity contribution in [2.45, 2.75) is 37.8 Å². The Morgan fingerprint density at radius 1 is 1.12 bits per heavy atom. The van der Waals surface area contributed by atoms with Crippen LogP contribution in [0.15, 0.2) is 18.2 Å². The van der Waals surface area contributed by atoms with Crippen molar-refractivity contribution in [2.75, 3.05) is 5.73 Å². The zero-order valence-corrected chi connectivity index (χ0v) is 8.85. The van der Waals surface area contributed by atoms with E-state index >= 15 is 0 Å². The van der Waals surface area contributed by atoms with E-state index in [9.17, 15) is 13.2 Å². The highest BCUT2D eigenvalue weighted by atomic mass is 19.4. The molecule has 0 unspecified atom stereocenters. The third kappa shape index (κ3) is 2.01. The molecule has 0 radical (unpaired) electrons. The van der Waals surface area contributed by atoms with Crippen LogP contribution >= 0.6 is 0 Å². The van der Waals surface area contributed by atoms with Gasteiger partial charge in [0.2, 0.25) is 0 Å². The molecule has 0 amide bonds. The van der Waals surface area contributed by atoms with Gasteiger partial charge in [-0.2, -0.15) is 13.2 Å². The largest absolute Gasteiger partial charge is 0.416 e. The molecule has 2 rings (SSSR count). The molecule has 2 N–H and O–H groups in total. The van der Waals surface area contributed by atoms with Crippen LogP contribution < -0.4 is 5.73 Å². The van der Waals surface area contributed by atoms with Crippen molar-refractivity contribution in [3.63, 3.8) is 0 Å². The third-order valence-corrected chi connectivity index (χ3v) is 3.21. The molecule has 0 saturated heterocycles. The van der Waals surface area contributed by atoms with E-state index in [0.29, 0.717) is 5.56 Å². The summed E-state index contributed by atoms with van der Waals surface area (Å²) in [5.74, 6) is -0.0159. The first-order chi connectivity index (χ1) is 7.50. The first-order valence-corrected chi connectivity index (χ1v) is 5.45. The van der Waals surface area contributed by atoms with E-state index in [0.717, 1.165) is 31.7 Å². The summed E-state index contributed by atoms with van der Waals surface area (Å²) in [4.78, 5) is 0. The predicted molar refractivity (Wildman–Crippen MR) is 57.1 cm³/mol. The number of nitrogens with two attached hydrogens (primary N) is 1. The molecule has 16 heavy (non-hydrogen) atoms. The molecular formula is C12H14F3N. The Labute approximate surface area is 92.5 Å². The summed E-state index contributed by atoms with van der Waals surface area (Å²) in [6, 6.07) is 4.06. The zero-order chi connectivity index (χ0) is 11.8. The maximum absolute atomic E-state index is 12.8. The fourth-order valence-corrected chi connectivity index (χ4v) is 2.50. The van der Waals surface area contributed by atoms with E-state index in [4.69, 9.17) is 5.73 Å². The van der Waals surface area contributed by atoms with Crippen LogP contribution in [0.3, 0.4) is 0 Å². The summed E-state index contributed by atoms with van der Waals surface area (Å²) in [7, 11) is 0. The predicted octanol–water partition coefficient (Wildman–Crippen LogP) is 3.95. The summed E-state index contributed by atoms with van der Waals surface area (Å²) < 4.78 is 38.5. The molecule has 0 spiro atoms. The van der Waals surface area contributed by atoms with Crippen LogP contribution in [0.1, 0.15) is 42.7 Å². The molecule has 4 heteroatoms. The Hall–Kier alpha value is -1.19. The average Bonchev–Trinajstić information content (AvgIpc) is 2.68. The lowest BCUT2D eigenvalue weighted by atomic mass is 9.91. The van der Waals surface area contributed by atoms with Gasteiger partial charge in [-0.05, 0) is 36.5 Å². The smallest absolute Gasteiger partial charge is 0.398 e. The summed E-state index contributed by atoms with van der Waals surface area (Å²) in [5, 5.41) is 0. The summed E-state index contributed by atoms with van der Waals surface area (Å²) in [6.07, 6.45) is -0.672.